The van der Waals surface area contributed by atoms with Gasteiger partial charge in [0.1, 0.15) is 5.82 Å². The van der Waals surface area contributed by atoms with E-state index < -0.39 is 0 Å². The molecule has 2 N–H and O–H groups in total. The van der Waals surface area contributed by atoms with Crippen LogP contribution in [0.4, 0.5) is 4.39 Å². The smallest absolute Gasteiger partial charge is 0.126 e. The highest BCUT2D eigenvalue weighted by molar-refractivity contribution is 5.27. The van der Waals surface area contributed by atoms with E-state index in [-0.39, 0.29) is 17.5 Å². The van der Waals surface area contributed by atoms with E-state index in [2.05, 4.69) is 0 Å². The molecule has 2 aliphatic rings. The molecule has 1 spiro atoms. The molecule has 3 unspecified atom stereocenters. The first-order valence-electron chi connectivity index (χ1n) is 7.33. The summed E-state index contributed by atoms with van der Waals surface area (Å²) in [6.07, 6.45) is 2.85. The van der Waals surface area contributed by atoms with Crippen LogP contribution in [-0.4, -0.2) is 25.4 Å². The molecule has 0 aromatic heterocycles. The highest BCUT2D eigenvalue weighted by atomic mass is 19.1. The van der Waals surface area contributed by atoms with Crippen LogP contribution in [0.3, 0.4) is 0 Å². The molecule has 0 radical (unpaired) electrons. The second-order valence-corrected chi connectivity index (χ2v) is 6.12. The van der Waals surface area contributed by atoms with Crippen LogP contribution in [0.5, 0.6) is 0 Å². The van der Waals surface area contributed by atoms with E-state index in [1.807, 2.05) is 6.07 Å². The molecule has 1 aromatic carbocycles. The van der Waals surface area contributed by atoms with Crippen molar-refractivity contribution in [2.24, 2.45) is 11.7 Å². The van der Waals surface area contributed by atoms with Crippen molar-refractivity contribution in [3.8, 4) is 0 Å². The van der Waals surface area contributed by atoms with Crippen molar-refractivity contribution < 1.29 is 13.9 Å². The maximum absolute atomic E-state index is 13.4. The zero-order chi connectivity index (χ0) is 14.2. The maximum atomic E-state index is 13.4. The van der Waals surface area contributed by atoms with Gasteiger partial charge in [-0.25, -0.2) is 4.39 Å². The summed E-state index contributed by atoms with van der Waals surface area (Å²) in [6, 6.07) is 5.13. The van der Waals surface area contributed by atoms with Gasteiger partial charge in [-0.3, -0.25) is 0 Å². The van der Waals surface area contributed by atoms with Crippen molar-refractivity contribution in [3.63, 3.8) is 0 Å². The van der Waals surface area contributed by atoms with E-state index in [4.69, 9.17) is 15.2 Å². The summed E-state index contributed by atoms with van der Waals surface area (Å²) in [5, 5.41) is 0. The third kappa shape index (κ3) is 2.60. The Bertz CT molecular complexity index is 485. The molecule has 3 rings (SSSR count). The van der Waals surface area contributed by atoms with Gasteiger partial charge in [0.25, 0.3) is 0 Å². The Balaban J connectivity index is 1.75. The predicted octanol–water partition coefficient (Wildman–Crippen LogP) is 2.72. The van der Waals surface area contributed by atoms with Crippen LogP contribution in [0.25, 0.3) is 0 Å². The van der Waals surface area contributed by atoms with Crippen molar-refractivity contribution in [2.45, 2.75) is 37.8 Å². The number of aryl methyl sites for hydroxylation is 1. The summed E-state index contributed by atoms with van der Waals surface area (Å²) in [6.45, 7) is 3.97. The molecule has 1 aromatic rings. The third-order valence-electron chi connectivity index (χ3n) is 4.67. The minimum Gasteiger partial charge on any atom is -0.378 e. The Labute approximate surface area is 119 Å². The molecule has 3 nitrogen and oxygen atoms in total. The molecule has 2 saturated heterocycles. The zero-order valence-electron chi connectivity index (χ0n) is 11.9. The lowest BCUT2D eigenvalue weighted by Gasteiger charge is -2.39. The number of benzene rings is 1. The molecule has 110 valence electrons. The van der Waals surface area contributed by atoms with Crippen LogP contribution in [-0.2, 0) is 9.47 Å². The van der Waals surface area contributed by atoms with Crippen LogP contribution < -0.4 is 5.73 Å². The van der Waals surface area contributed by atoms with Gasteiger partial charge >= 0.3 is 0 Å². The van der Waals surface area contributed by atoms with Crippen molar-refractivity contribution in [3.05, 3.63) is 35.1 Å². The minimum atomic E-state index is -0.173. The fraction of sp³-hybridized carbons (Fsp3) is 0.625. The third-order valence-corrected chi connectivity index (χ3v) is 4.67. The number of ether oxygens (including phenoxy) is 2. The molecule has 4 heteroatoms. The fourth-order valence-electron chi connectivity index (χ4n) is 3.38. The maximum Gasteiger partial charge on any atom is 0.126 e. The molecule has 2 aliphatic heterocycles. The molecular weight excluding hydrogens is 257 g/mol. The van der Waals surface area contributed by atoms with Crippen LogP contribution in [0.1, 0.15) is 36.4 Å². The molecule has 2 heterocycles. The van der Waals surface area contributed by atoms with Gasteiger partial charge in [-0.1, -0.05) is 12.1 Å². The fourth-order valence-corrected chi connectivity index (χ4v) is 3.38. The van der Waals surface area contributed by atoms with Crippen molar-refractivity contribution >= 4 is 0 Å². The van der Waals surface area contributed by atoms with Gasteiger partial charge in [0.2, 0.25) is 0 Å². The lowest BCUT2D eigenvalue weighted by atomic mass is 9.79. The van der Waals surface area contributed by atoms with Crippen LogP contribution in [0.2, 0.25) is 0 Å². The number of halogens is 1. The van der Waals surface area contributed by atoms with Gasteiger partial charge in [-0.15, -0.1) is 0 Å². The quantitative estimate of drug-likeness (QED) is 0.905. The van der Waals surface area contributed by atoms with E-state index in [0.29, 0.717) is 18.1 Å². The summed E-state index contributed by atoms with van der Waals surface area (Å²) in [5.41, 5.74) is 7.97. The average molecular weight is 279 g/mol. The Morgan fingerprint density at radius 1 is 1.40 bits per heavy atom. The van der Waals surface area contributed by atoms with Gasteiger partial charge in [0.15, 0.2) is 0 Å². The van der Waals surface area contributed by atoms with E-state index in [1.54, 1.807) is 13.0 Å². The Morgan fingerprint density at radius 2 is 2.25 bits per heavy atom. The lowest BCUT2D eigenvalue weighted by molar-refractivity contribution is -0.101. The van der Waals surface area contributed by atoms with Crippen molar-refractivity contribution in [2.75, 3.05) is 19.8 Å². The first kappa shape index (κ1) is 14.0. The second-order valence-electron chi connectivity index (χ2n) is 6.12. The summed E-state index contributed by atoms with van der Waals surface area (Å²) >= 11 is 0. The monoisotopic (exact) mass is 279 g/mol. The SMILES string of the molecule is Cc1cc(C(N)C2CCOC3(CCOC3)C2)ccc1F. The summed E-state index contributed by atoms with van der Waals surface area (Å²) < 4.78 is 24.8. The standard InChI is InChI=1S/C16H22FNO2/c1-11-8-12(2-3-14(11)17)15(18)13-4-6-20-16(9-13)5-7-19-10-16/h2-3,8,13,15H,4-7,9-10,18H2,1H3. The van der Waals surface area contributed by atoms with Crippen LogP contribution in [0.15, 0.2) is 18.2 Å². The van der Waals surface area contributed by atoms with Gasteiger partial charge in [0, 0.05) is 25.7 Å². The summed E-state index contributed by atoms with van der Waals surface area (Å²) in [5.74, 6) is 0.198. The number of hydrogen-bond acceptors (Lipinski definition) is 3. The number of hydrogen-bond donors (Lipinski definition) is 1. The molecule has 3 atom stereocenters. The minimum absolute atomic E-state index is 0.0596. The van der Waals surface area contributed by atoms with E-state index in [1.165, 1.54) is 6.07 Å². The molecule has 0 saturated carbocycles. The highest BCUT2D eigenvalue weighted by Crippen LogP contribution is 2.40. The van der Waals surface area contributed by atoms with E-state index >= 15 is 0 Å². The predicted molar refractivity (Wildman–Crippen MR) is 74.9 cm³/mol. The molecule has 0 aliphatic carbocycles. The largest absolute Gasteiger partial charge is 0.378 e. The number of rotatable bonds is 2. The first-order chi connectivity index (χ1) is 9.60. The van der Waals surface area contributed by atoms with E-state index in [9.17, 15) is 4.39 Å². The average Bonchev–Trinajstić information content (AvgIpc) is 2.89. The highest BCUT2D eigenvalue weighted by Gasteiger charge is 2.42. The van der Waals surface area contributed by atoms with Crippen LogP contribution >= 0.6 is 0 Å². The van der Waals surface area contributed by atoms with Crippen molar-refractivity contribution in [1.29, 1.82) is 0 Å². The van der Waals surface area contributed by atoms with Gasteiger partial charge in [0.05, 0.1) is 12.2 Å². The molecule has 0 bridgehead atoms. The van der Waals surface area contributed by atoms with E-state index in [0.717, 1.165) is 38.0 Å². The first-order valence-corrected chi connectivity index (χ1v) is 7.33. The summed E-state index contributed by atoms with van der Waals surface area (Å²) in [7, 11) is 0. The lowest BCUT2D eigenvalue weighted by Crippen LogP contribution is -2.43. The Kier molecular flexibility index (Phi) is 3.80. The molecular formula is C16H22FNO2. The number of nitrogens with two attached hydrogens (primary N) is 1. The second kappa shape index (κ2) is 5.43. The molecule has 0 amide bonds. The van der Waals surface area contributed by atoms with Crippen LogP contribution in [0, 0.1) is 18.7 Å². The molecule has 20 heavy (non-hydrogen) atoms. The topological polar surface area (TPSA) is 44.5 Å². The normalized spacial score (nSPS) is 31.6. The van der Waals surface area contributed by atoms with Crippen molar-refractivity contribution in [1.82, 2.24) is 0 Å². The zero-order valence-corrected chi connectivity index (χ0v) is 11.9. The Morgan fingerprint density at radius 3 is 2.95 bits per heavy atom. The molecule has 2 fully saturated rings. The van der Waals surface area contributed by atoms with Gasteiger partial charge in [-0.05, 0) is 42.9 Å². The van der Waals surface area contributed by atoms with Gasteiger partial charge in [-0.2, -0.15) is 0 Å². The van der Waals surface area contributed by atoms with Gasteiger partial charge < -0.3 is 15.2 Å². The summed E-state index contributed by atoms with van der Waals surface area (Å²) in [4.78, 5) is 0. The Hall–Kier alpha value is -0.970.